The Bertz CT molecular complexity index is 1290. The van der Waals surface area contributed by atoms with Gasteiger partial charge >= 0.3 is 0 Å². The summed E-state index contributed by atoms with van der Waals surface area (Å²) in [5.41, 5.74) is 3.64. The van der Waals surface area contributed by atoms with E-state index in [1.165, 1.54) is 12.1 Å². The summed E-state index contributed by atoms with van der Waals surface area (Å²) < 4.78 is 15.9. The van der Waals surface area contributed by atoms with Gasteiger partial charge in [-0.1, -0.05) is 33.6 Å². The first-order valence-corrected chi connectivity index (χ1v) is 10.6. The van der Waals surface area contributed by atoms with Crippen LogP contribution in [0.2, 0.25) is 5.02 Å². The van der Waals surface area contributed by atoms with Crippen molar-refractivity contribution in [3.63, 3.8) is 0 Å². The Labute approximate surface area is 192 Å². The van der Waals surface area contributed by atoms with Gasteiger partial charge in [0.1, 0.15) is 5.82 Å². The number of nitrogens with one attached hydrogen (secondary N) is 1. The fourth-order valence-corrected chi connectivity index (χ4v) is 3.78. The summed E-state index contributed by atoms with van der Waals surface area (Å²) >= 11 is 9.71. The highest BCUT2D eigenvalue weighted by molar-refractivity contribution is 9.10. The first-order chi connectivity index (χ1) is 14.8. The average molecular weight is 500 g/mol. The van der Waals surface area contributed by atoms with Crippen LogP contribution in [0.1, 0.15) is 21.7 Å². The minimum absolute atomic E-state index is 0.0129. The van der Waals surface area contributed by atoms with Crippen molar-refractivity contribution in [2.24, 2.45) is 0 Å². The van der Waals surface area contributed by atoms with Crippen LogP contribution in [0.4, 0.5) is 10.1 Å². The predicted molar refractivity (Wildman–Crippen MR) is 123 cm³/mol. The maximum Gasteiger partial charge on any atom is 0.295 e. The molecule has 0 aliphatic heterocycles. The van der Waals surface area contributed by atoms with Gasteiger partial charge in [0.25, 0.3) is 5.91 Å². The van der Waals surface area contributed by atoms with Gasteiger partial charge in [0.05, 0.1) is 5.69 Å². The van der Waals surface area contributed by atoms with Gasteiger partial charge in [0.15, 0.2) is 5.82 Å². The second-order valence-electron chi connectivity index (χ2n) is 6.98. The standard InChI is InChI=1S/C23H17BrClFN4O/c1-13-12-16(24)8-11-19(13)27-23(31)21-28-22(15-6-9-17(26)10-7-15)30(29-21)20-5-3-4-18(25)14(20)2/h3-12H,1-2H3,(H,27,31). The minimum atomic E-state index is -0.452. The van der Waals surface area contributed by atoms with Crippen molar-refractivity contribution in [2.45, 2.75) is 13.8 Å². The van der Waals surface area contributed by atoms with Gasteiger partial charge in [0, 0.05) is 20.7 Å². The molecular weight excluding hydrogens is 483 g/mol. The van der Waals surface area contributed by atoms with Crippen LogP contribution < -0.4 is 5.32 Å². The Morgan fingerprint density at radius 1 is 1.10 bits per heavy atom. The fourth-order valence-electron chi connectivity index (χ4n) is 3.13. The monoisotopic (exact) mass is 498 g/mol. The highest BCUT2D eigenvalue weighted by Gasteiger charge is 2.21. The van der Waals surface area contributed by atoms with E-state index in [0.717, 1.165) is 15.6 Å². The molecule has 1 N–H and O–H groups in total. The molecule has 4 aromatic rings. The summed E-state index contributed by atoms with van der Waals surface area (Å²) in [4.78, 5) is 17.4. The average Bonchev–Trinajstić information content (AvgIpc) is 3.18. The molecule has 1 amide bonds. The molecule has 0 fully saturated rings. The zero-order valence-corrected chi connectivity index (χ0v) is 19.0. The summed E-state index contributed by atoms with van der Waals surface area (Å²) in [5.74, 6) is -0.422. The van der Waals surface area contributed by atoms with E-state index in [-0.39, 0.29) is 11.6 Å². The van der Waals surface area contributed by atoms with Crippen molar-refractivity contribution in [3.8, 4) is 17.1 Å². The molecule has 31 heavy (non-hydrogen) atoms. The van der Waals surface area contributed by atoms with E-state index in [1.54, 1.807) is 35.0 Å². The fraction of sp³-hybridized carbons (Fsp3) is 0.0870. The number of rotatable bonds is 4. The molecule has 0 saturated carbocycles. The van der Waals surface area contributed by atoms with Gasteiger partial charge in [-0.15, -0.1) is 5.10 Å². The summed E-state index contributed by atoms with van der Waals surface area (Å²) in [6.07, 6.45) is 0. The van der Waals surface area contributed by atoms with Crippen LogP contribution in [0, 0.1) is 19.7 Å². The van der Waals surface area contributed by atoms with Crippen LogP contribution in [-0.4, -0.2) is 20.7 Å². The smallest absolute Gasteiger partial charge is 0.295 e. The van der Waals surface area contributed by atoms with Gasteiger partial charge in [-0.3, -0.25) is 4.79 Å². The SMILES string of the molecule is Cc1cc(Br)ccc1NC(=O)c1nc(-c2ccc(F)cc2)n(-c2cccc(Cl)c2C)n1. The number of nitrogens with zero attached hydrogens (tertiary/aromatic N) is 3. The number of carbonyl (C=O) groups excluding carboxylic acids is 1. The number of benzene rings is 3. The van der Waals surface area contributed by atoms with Gasteiger partial charge < -0.3 is 5.32 Å². The first-order valence-electron chi connectivity index (χ1n) is 9.39. The van der Waals surface area contributed by atoms with Crippen LogP contribution in [0.5, 0.6) is 0 Å². The second-order valence-corrected chi connectivity index (χ2v) is 8.30. The third-order valence-corrected chi connectivity index (χ3v) is 5.72. The number of carbonyl (C=O) groups is 1. The molecule has 0 aliphatic carbocycles. The Hall–Kier alpha value is -3.03. The number of halogens is 3. The highest BCUT2D eigenvalue weighted by Crippen LogP contribution is 2.27. The third kappa shape index (κ3) is 4.38. The molecule has 0 bridgehead atoms. The summed E-state index contributed by atoms with van der Waals surface area (Å²) in [5, 5.41) is 7.87. The highest BCUT2D eigenvalue weighted by atomic mass is 79.9. The van der Waals surface area contributed by atoms with Crippen LogP contribution in [0.25, 0.3) is 17.1 Å². The van der Waals surface area contributed by atoms with Crippen LogP contribution >= 0.6 is 27.5 Å². The topological polar surface area (TPSA) is 59.8 Å². The normalized spacial score (nSPS) is 10.9. The number of hydrogen-bond donors (Lipinski definition) is 1. The van der Waals surface area contributed by atoms with E-state index in [0.29, 0.717) is 27.8 Å². The van der Waals surface area contributed by atoms with Crippen molar-refractivity contribution in [1.29, 1.82) is 0 Å². The zero-order valence-electron chi connectivity index (χ0n) is 16.7. The molecule has 0 radical (unpaired) electrons. The van der Waals surface area contributed by atoms with Crippen molar-refractivity contribution in [1.82, 2.24) is 14.8 Å². The number of aryl methyl sites for hydroxylation is 1. The molecule has 5 nitrogen and oxygen atoms in total. The molecule has 0 aliphatic rings. The van der Waals surface area contributed by atoms with Crippen molar-refractivity contribution < 1.29 is 9.18 Å². The molecule has 0 spiro atoms. The quantitative estimate of drug-likeness (QED) is 0.355. The number of hydrogen-bond acceptors (Lipinski definition) is 3. The van der Waals surface area contributed by atoms with E-state index in [2.05, 4.69) is 31.3 Å². The van der Waals surface area contributed by atoms with Gasteiger partial charge in [-0.25, -0.2) is 14.1 Å². The molecule has 1 aromatic heterocycles. The van der Waals surface area contributed by atoms with Gasteiger partial charge in [0.2, 0.25) is 5.82 Å². The first kappa shape index (κ1) is 21.2. The third-order valence-electron chi connectivity index (χ3n) is 4.82. The van der Waals surface area contributed by atoms with Crippen molar-refractivity contribution in [3.05, 3.63) is 92.9 Å². The van der Waals surface area contributed by atoms with Crippen LogP contribution in [0.15, 0.2) is 65.1 Å². The van der Waals surface area contributed by atoms with Crippen LogP contribution in [-0.2, 0) is 0 Å². The van der Waals surface area contributed by atoms with Gasteiger partial charge in [-0.2, -0.15) is 0 Å². The lowest BCUT2D eigenvalue weighted by atomic mass is 10.1. The molecule has 1 heterocycles. The summed E-state index contributed by atoms with van der Waals surface area (Å²) in [6, 6.07) is 16.8. The molecule has 0 atom stereocenters. The van der Waals surface area contributed by atoms with E-state index in [9.17, 15) is 9.18 Å². The van der Waals surface area contributed by atoms with Gasteiger partial charge in [-0.05, 0) is 79.6 Å². The molecule has 0 saturated heterocycles. The largest absolute Gasteiger partial charge is 0.319 e. The van der Waals surface area contributed by atoms with E-state index in [4.69, 9.17) is 11.6 Å². The number of anilines is 1. The Balaban J connectivity index is 1.80. The Morgan fingerprint density at radius 3 is 2.55 bits per heavy atom. The van der Waals surface area contributed by atoms with E-state index < -0.39 is 5.91 Å². The van der Waals surface area contributed by atoms with E-state index >= 15 is 0 Å². The number of amides is 1. The Morgan fingerprint density at radius 2 is 1.84 bits per heavy atom. The lowest BCUT2D eigenvalue weighted by molar-refractivity contribution is 0.101. The zero-order chi connectivity index (χ0) is 22.1. The summed E-state index contributed by atoms with van der Waals surface area (Å²) in [6.45, 7) is 3.75. The molecule has 3 aromatic carbocycles. The maximum absolute atomic E-state index is 13.5. The molecule has 4 rings (SSSR count). The number of aromatic nitrogens is 3. The molecule has 0 unspecified atom stereocenters. The summed E-state index contributed by atoms with van der Waals surface area (Å²) in [7, 11) is 0. The van der Waals surface area contributed by atoms with Crippen LogP contribution in [0.3, 0.4) is 0 Å². The lowest BCUT2D eigenvalue weighted by Gasteiger charge is -2.10. The minimum Gasteiger partial charge on any atom is -0.319 e. The maximum atomic E-state index is 13.5. The van der Waals surface area contributed by atoms with E-state index in [1.807, 2.05) is 32.0 Å². The second kappa shape index (κ2) is 8.61. The molecule has 156 valence electrons. The predicted octanol–water partition coefficient (Wildman–Crippen LogP) is 6.36. The van der Waals surface area contributed by atoms with Crippen molar-refractivity contribution in [2.75, 3.05) is 5.32 Å². The Kier molecular flexibility index (Phi) is 5.89. The molecule has 8 heteroatoms. The molecular formula is C23H17BrClFN4O. The van der Waals surface area contributed by atoms with Crippen molar-refractivity contribution >= 4 is 39.1 Å². The lowest BCUT2D eigenvalue weighted by Crippen LogP contribution is -2.15.